The van der Waals surface area contributed by atoms with Crippen LogP contribution in [0.2, 0.25) is 0 Å². The van der Waals surface area contributed by atoms with Crippen molar-refractivity contribution in [3.05, 3.63) is 64.1 Å². The fraction of sp³-hybridized carbons (Fsp3) is 0.188. The van der Waals surface area contributed by atoms with E-state index in [-0.39, 0.29) is 11.3 Å². The van der Waals surface area contributed by atoms with Crippen LogP contribution in [0.1, 0.15) is 15.9 Å². The maximum absolute atomic E-state index is 12.7. The molecule has 0 fully saturated rings. The van der Waals surface area contributed by atoms with Gasteiger partial charge in [-0.1, -0.05) is 6.07 Å². The smallest absolute Gasteiger partial charge is 0.421 e. The van der Waals surface area contributed by atoms with Crippen molar-refractivity contribution in [2.45, 2.75) is 19.3 Å². The summed E-state index contributed by atoms with van der Waals surface area (Å²) in [7, 11) is 0. The van der Waals surface area contributed by atoms with Crippen LogP contribution >= 0.6 is 0 Å². The lowest BCUT2D eigenvalue weighted by Gasteiger charge is -2.11. The molecular weight excluding hydrogens is 393 g/mol. The lowest BCUT2D eigenvalue weighted by molar-refractivity contribution is -0.139. The van der Waals surface area contributed by atoms with E-state index < -0.39 is 42.3 Å². The van der Waals surface area contributed by atoms with Crippen LogP contribution in [0, 0.1) is 0 Å². The van der Waals surface area contributed by atoms with E-state index in [9.17, 15) is 36.3 Å². The molecule has 0 spiro atoms. The molecule has 1 aromatic carbocycles. The van der Waals surface area contributed by atoms with E-state index in [0.717, 1.165) is 18.3 Å². The number of rotatable bonds is 5. The SMILES string of the molecule is O=C(Cn1cccc(C(F)(F)F)c1=O)NNC(=O)c1cccc(OC(F)F)c1. The highest BCUT2D eigenvalue weighted by molar-refractivity contribution is 5.95. The Labute approximate surface area is 153 Å². The predicted molar refractivity (Wildman–Crippen MR) is 84.4 cm³/mol. The van der Waals surface area contributed by atoms with E-state index >= 15 is 0 Å². The van der Waals surface area contributed by atoms with E-state index in [1.54, 1.807) is 0 Å². The molecular formula is C16H12F5N3O4. The van der Waals surface area contributed by atoms with Gasteiger partial charge in [-0.25, -0.2) is 0 Å². The fourth-order valence-corrected chi connectivity index (χ4v) is 2.08. The molecule has 2 amide bonds. The van der Waals surface area contributed by atoms with Crippen molar-refractivity contribution in [1.29, 1.82) is 0 Å². The number of ether oxygens (including phenoxy) is 1. The number of carbonyl (C=O) groups excluding carboxylic acids is 2. The molecule has 2 N–H and O–H groups in total. The summed E-state index contributed by atoms with van der Waals surface area (Å²) in [6.07, 6.45) is -3.90. The molecule has 0 saturated carbocycles. The van der Waals surface area contributed by atoms with Crippen LogP contribution in [0.15, 0.2) is 47.4 Å². The van der Waals surface area contributed by atoms with Gasteiger partial charge in [-0.3, -0.25) is 25.2 Å². The van der Waals surface area contributed by atoms with E-state index in [1.807, 2.05) is 10.9 Å². The lowest BCUT2D eigenvalue weighted by Crippen LogP contribution is -2.44. The molecule has 2 aromatic rings. The molecule has 0 radical (unpaired) electrons. The molecule has 0 aliphatic carbocycles. The number of hydrazine groups is 1. The molecule has 0 aliphatic rings. The number of nitrogens with one attached hydrogen (secondary N) is 2. The third-order valence-electron chi connectivity index (χ3n) is 3.28. The van der Waals surface area contributed by atoms with Gasteiger partial charge in [0.05, 0.1) is 0 Å². The second kappa shape index (κ2) is 8.50. The van der Waals surface area contributed by atoms with Gasteiger partial charge in [0.25, 0.3) is 17.4 Å². The summed E-state index contributed by atoms with van der Waals surface area (Å²) < 4.78 is 67.1. The van der Waals surface area contributed by atoms with Gasteiger partial charge in [0.1, 0.15) is 17.9 Å². The second-order valence-corrected chi connectivity index (χ2v) is 5.26. The summed E-state index contributed by atoms with van der Waals surface area (Å²) in [5, 5.41) is 0. The number of amides is 2. The molecule has 0 atom stereocenters. The first-order valence-electron chi connectivity index (χ1n) is 7.48. The first-order valence-corrected chi connectivity index (χ1v) is 7.48. The Morgan fingerprint density at radius 3 is 2.46 bits per heavy atom. The van der Waals surface area contributed by atoms with E-state index in [1.165, 1.54) is 18.2 Å². The Morgan fingerprint density at radius 1 is 1.11 bits per heavy atom. The van der Waals surface area contributed by atoms with E-state index in [4.69, 9.17) is 0 Å². The molecule has 28 heavy (non-hydrogen) atoms. The highest BCUT2D eigenvalue weighted by Crippen LogP contribution is 2.25. The molecule has 0 unspecified atom stereocenters. The van der Waals surface area contributed by atoms with Crippen LogP contribution in [0.5, 0.6) is 5.75 Å². The van der Waals surface area contributed by atoms with Crippen molar-refractivity contribution < 1.29 is 36.3 Å². The second-order valence-electron chi connectivity index (χ2n) is 5.26. The molecule has 2 rings (SSSR count). The van der Waals surface area contributed by atoms with Crippen LogP contribution in [-0.4, -0.2) is 23.0 Å². The fourth-order valence-electron chi connectivity index (χ4n) is 2.08. The summed E-state index contributed by atoms with van der Waals surface area (Å²) in [6, 6.07) is 6.21. The van der Waals surface area contributed by atoms with Crippen molar-refractivity contribution in [2.24, 2.45) is 0 Å². The van der Waals surface area contributed by atoms with Gasteiger partial charge in [0.2, 0.25) is 0 Å². The first kappa shape index (κ1) is 20.9. The molecule has 0 aliphatic heterocycles. The van der Waals surface area contributed by atoms with E-state index in [0.29, 0.717) is 10.6 Å². The number of aromatic nitrogens is 1. The molecule has 1 heterocycles. The van der Waals surface area contributed by atoms with Gasteiger partial charge in [-0.05, 0) is 30.3 Å². The summed E-state index contributed by atoms with van der Waals surface area (Å²) in [5.74, 6) is -2.18. The quantitative estimate of drug-likeness (QED) is 0.588. The zero-order chi connectivity index (χ0) is 20.9. The number of halogens is 5. The van der Waals surface area contributed by atoms with Crippen molar-refractivity contribution in [2.75, 3.05) is 0 Å². The van der Waals surface area contributed by atoms with Gasteiger partial charge >= 0.3 is 12.8 Å². The number of nitrogens with zero attached hydrogens (tertiary/aromatic N) is 1. The zero-order valence-electron chi connectivity index (χ0n) is 13.8. The van der Waals surface area contributed by atoms with Gasteiger partial charge in [0.15, 0.2) is 0 Å². The number of benzene rings is 1. The minimum Gasteiger partial charge on any atom is -0.435 e. The highest BCUT2D eigenvalue weighted by atomic mass is 19.4. The predicted octanol–water partition coefficient (Wildman–Crippen LogP) is 1.93. The number of hydrogen-bond acceptors (Lipinski definition) is 4. The maximum Gasteiger partial charge on any atom is 0.421 e. The largest absolute Gasteiger partial charge is 0.435 e. The van der Waals surface area contributed by atoms with Gasteiger partial charge in [-0.15, -0.1) is 0 Å². The number of pyridine rings is 1. The molecule has 12 heteroatoms. The van der Waals surface area contributed by atoms with Crippen LogP contribution in [0.4, 0.5) is 22.0 Å². The molecule has 0 bridgehead atoms. The summed E-state index contributed by atoms with van der Waals surface area (Å²) in [5.41, 5.74) is 0.857. The van der Waals surface area contributed by atoms with Crippen molar-refractivity contribution in [3.8, 4) is 5.75 Å². The Kier molecular flexibility index (Phi) is 6.33. The number of alkyl halides is 5. The Hall–Kier alpha value is -3.44. The molecule has 0 saturated heterocycles. The van der Waals surface area contributed by atoms with Crippen LogP contribution in [0.25, 0.3) is 0 Å². The summed E-state index contributed by atoms with van der Waals surface area (Å²) in [4.78, 5) is 35.4. The maximum atomic E-state index is 12.7. The minimum atomic E-state index is -4.88. The first-order chi connectivity index (χ1) is 13.1. The van der Waals surface area contributed by atoms with Crippen molar-refractivity contribution in [3.63, 3.8) is 0 Å². The normalized spacial score (nSPS) is 11.2. The van der Waals surface area contributed by atoms with Crippen molar-refractivity contribution >= 4 is 11.8 Å². The third-order valence-corrected chi connectivity index (χ3v) is 3.28. The summed E-state index contributed by atoms with van der Waals surface area (Å²) in [6.45, 7) is -3.89. The van der Waals surface area contributed by atoms with E-state index in [2.05, 4.69) is 4.74 Å². The highest BCUT2D eigenvalue weighted by Gasteiger charge is 2.34. The topological polar surface area (TPSA) is 89.4 Å². The number of hydrogen-bond donors (Lipinski definition) is 2. The standard InChI is InChI=1S/C16H12F5N3O4/c17-15(18)28-10-4-1-3-9(7-10)13(26)23-22-12(25)8-24-6-2-5-11(14(24)27)16(19,20)21/h1-7,15H,8H2,(H,22,25)(H,23,26). The van der Waals surface area contributed by atoms with Crippen LogP contribution in [0.3, 0.4) is 0 Å². The van der Waals surface area contributed by atoms with Crippen LogP contribution in [-0.2, 0) is 17.5 Å². The minimum absolute atomic E-state index is 0.130. The molecule has 150 valence electrons. The zero-order valence-corrected chi connectivity index (χ0v) is 13.8. The van der Waals surface area contributed by atoms with Gasteiger partial charge in [0, 0.05) is 11.8 Å². The van der Waals surface area contributed by atoms with Gasteiger partial charge < -0.3 is 9.30 Å². The third kappa shape index (κ3) is 5.53. The monoisotopic (exact) mass is 405 g/mol. The molecule has 7 nitrogen and oxygen atoms in total. The number of carbonyl (C=O) groups is 2. The lowest BCUT2D eigenvalue weighted by atomic mass is 10.2. The summed E-state index contributed by atoms with van der Waals surface area (Å²) >= 11 is 0. The van der Waals surface area contributed by atoms with Gasteiger partial charge in [-0.2, -0.15) is 22.0 Å². The molecule has 1 aromatic heterocycles. The average Bonchev–Trinajstić information content (AvgIpc) is 2.60. The Balaban J connectivity index is 2.00. The Bertz CT molecular complexity index is 927. The van der Waals surface area contributed by atoms with Crippen LogP contribution < -0.4 is 21.1 Å². The van der Waals surface area contributed by atoms with Crippen molar-refractivity contribution in [1.82, 2.24) is 15.4 Å². The average molecular weight is 405 g/mol. The Morgan fingerprint density at radius 2 is 1.82 bits per heavy atom.